The molecule has 0 radical (unpaired) electrons. The molecule has 21 heavy (non-hydrogen) atoms. The number of benzene rings is 1. The number of nitrogens with zero attached hydrogens (tertiary/aromatic N) is 1. The van der Waals surface area contributed by atoms with Crippen LogP contribution in [0, 0.1) is 0 Å². The van der Waals surface area contributed by atoms with Crippen LogP contribution in [-0.4, -0.2) is 49.1 Å². The minimum atomic E-state index is -2.91. The van der Waals surface area contributed by atoms with Gasteiger partial charge >= 0.3 is 0 Å². The van der Waals surface area contributed by atoms with E-state index in [4.69, 9.17) is 11.6 Å². The molecule has 0 amide bonds. The summed E-state index contributed by atoms with van der Waals surface area (Å²) in [4.78, 5) is 2.09. The van der Waals surface area contributed by atoms with Crippen LogP contribution in [-0.2, 0) is 9.84 Å². The Labute approximate surface area is 131 Å². The second kappa shape index (κ2) is 7.09. The Balaban J connectivity index is 2.06. The van der Waals surface area contributed by atoms with E-state index in [1.165, 1.54) is 0 Å². The topological polar surface area (TPSA) is 57.6 Å². The molecule has 1 aliphatic rings. The van der Waals surface area contributed by atoms with Crippen molar-refractivity contribution in [1.82, 2.24) is 4.90 Å². The van der Waals surface area contributed by atoms with E-state index in [1.54, 1.807) is 12.1 Å². The number of sulfone groups is 1. The molecular weight excluding hydrogens is 310 g/mol. The molecule has 1 aromatic carbocycles. The van der Waals surface area contributed by atoms with Gasteiger partial charge in [0.2, 0.25) is 0 Å². The number of hydrogen-bond donors (Lipinski definition) is 1. The van der Waals surface area contributed by atoms with E-state index in [0.717, 1.165) is 18.5 Å². The first kappa shape index (κ1) is 16.7. The predicted molar refractivity (Wildman–Crippen MR) is 85.3 cm³/mol. The summed E-state index contributed by atoms with van der Waals surface area (Å²) in [7, 11) is -2.91. The second-order valence-electron chi connectivity index (χ2n) is 5.62. The number of aliphatic hydroxyl groups excluding tert-OH is 1. The summed E-state index contributed by atoms with van der Waals surface area (Å²) in [6.07, 6.45) is 0.933. The Hall–Kier alpha value is -0.620. The number of aliphatic hydroxyl groups is 1. The zero-order chi connectivity index (χ0) is 15.5. The molecule has 1 fully saturated rings. The number of hydrogen-bond acceptors (Lipinski definition) is 4. The van der Waals surface area contributed by atoms with Crippen molar-refractivity contribution in [1.29, 1.82) is 0 Å². The third-order valence-electron chi connectivity index (χ3n) is 3.88. The minimum Gasteiger partial charge on any atom is -0.387 e. The quantitative estimate of drug-likeness (QED) is 0.868. The van der Waals surface area contributed by atoms with Gasteiger partial charge < -0.3 is 5.11 Å². The van der Waals surface area contributed by atoms with Crippen molar-refractivity contribution in [2.24, 2.45) is 0 Å². The van der Waals surface area contributed by atoms with Gasteiger partial charge in [0.05, 0.1) is 17.6 Å². The van der Waals surface area contributed by atoms with Gasteiger partial charge in [0, 0.05) is 17.6 Å². The van der Waals surface area contributed by atoms with Crippen LogP contribution in [0.2, 0.25) is 5.02 Å². The highest BCUT2D eigenvalue weighted by atomic mass is 35.5. The third kappa shape index (κ3) is 4.68. The Bertz CT molecular complexity index is 576. The summed E-state index contributed by atoms with van der Waals surface area (Å²) in [6, 6.07) is 7.19. The molecule has 1 heterocycles. The smallest absolute Gasteiger partial charge is 0.151 e. The highest BCUT2D eigenvalue weighted by Crippen LogP contribution is 2.23. The standard InChI is InChI=1S/C15H22ClNO3S/c1-2-7-17(14-6-8-21(19,20)11-14)10-15(18)12-4-3-5-13(16)9-12/h3-5,9,14-15,18H,2,6-8,10-11H2,1H3. The Kier molecular flexibility index (Phi) is 5.66. The normalized spacial score (nSPS) is 22.6. The molecule has 0 bridgehead atoms. The van der Waals surface area contributed by atoms with E-state index in [-0.39, 0.29) is 17.5 Å². The van der Waals surface area contributed by atoms with E-state index >= 15 is 0 Å². The molecule has 1 aromatic rings. The van der Waals surface area contributed by atoms with Crippen LogP contribution >= 0.6 is 11.6 Å². The van der Waals surface area contributed by atoms with Crippen LogP contribution in [0.3, 0.4) is 0 Å². The minimum absolute atomic E-state index is 0.0174. The van der Waals surface area contributed by atoms with Gasteiger partial charge in [0.15, 0.2) is 9.84 Å². The van der Waals surface area contributed by atoms with Crippen LogP contribution in [0.1, 0.15) is 31.4 Å². The molecule has 1 N–H and O–H groups in total. The highest BCUT2D eigenvalue weighted by Gasteiger charge is 2.32. The lowest BCUT2D eigenvalue weighted by Gasteiger charge is -2.29. The molecule has 0 aromatic heterocycles. The van der Waals surface area contributed by atoms with Crippen molar-refractivity contribution in [3.63, 3.8) is 0 Å². The predicted octanol–water partition coefficient (Wildman–Crippen LogP) is 2.27. The SMILES string of the molecule is CCCN(CC(O)c1cccc(Cl)c1)C1CCS(=O)(=O)C1. The molecule has 0 aliphatic carbocycles. The van der Waals surface area contributed by atoms with Crippen molar-refractivity contribution in [2.75, 3.05) is 24.6 Å². The molecular formula is C15H22ClNO3S. The fraction of sp³-hybridized carbons (Fsp3) is 0.600. The third-order valence-corrected chi connectivity index (χ3v) is 5.86. The summed E-state index contributed by atoms with van der Waals surface area (Å²) >= 11 is 5.95. The summed E-state index contributed by atoms with van der Waals surface area (Å²) in [5.41, 5.74) is 0.768. The number of halogens is 1. The molecule has 2 rings (SSSR count). The van der Waals surface area contributed by atoms with Crippen LogP contribution in [0.25, 0.3) is 0 Å². The van der Waals surface area contributed by atoms with Crippen LogP contribution < -0.4 is 0 Å². The molecule has 6 heteroatoms. The maximum atomic E-state index is 11.6. The summed E-state index contributed by atoms with van der Waals surface area (Å²) < 4.78 is 23.3. The zero-order valence-electron chi connectivity index (χ0n) is 12.2. The lowest BCUT2D eigenvalue weighted by atomic mass is 10.1. The van der Waals surface area contributed by atoms with Gasteiger partial charge in [-0.1, -0.05) is 30.7 Å². The fourth-order valence-corrected chi connectivity index (χ4v) is 4.78. The Morgan fingerprint density at radius 3 is 2.81 bits per heavy atom. The van der Waals surface area contributed by atoms with Crippen LogP contribution in [0.4, 0.5) is 0 Å². The van der Waals surface area contributed by atoms with Gasteiger partial charge in [-0.25, -0.2) is 8.42 Å². The zero-order valence-corrected chi connectivity index (χ0v) is 13.8. The Morgan fingerprint density at radius 1 is 1.48 bits per heavy atom. The molecule has 0 spiro atoms. The molecule has 1 aliphatic heterocycles. The van der Waals surface area contributed by atoms with E-state index < -0.39 is 15.9 Å². The van der Waals surface area contributed by atoms with Crippen molar-refractivity contribution in [2.45, 2.75) is 31.9 Å². The van der Waals surface area contributed by atoms with Gasteiger partial charge in [-0.3, -0.25) is 4.90 Å². The lowest BCUT2D eigenvalue weighted by molar-refractivity contribution is 0.0926. The Morgan fingerprint density at radius 2 is 2.24 bits per heavy atom. The molecule has 1 saturated heterocycles. The van der Waals surface area contributed by atoms with Crippen molar-refractivity contribution >= 4 is 21.4 Å². The lowest BCUT2D eigenvalue weighted by Crippen LogP contribution is -2.39. The number of rotatable bonds is 6. The van der Waals surface area contributed by atoms with Gasteiger partial charge in [-0.05, 0) is 37.1 Å². The van der Waals surface area contributed by atoms with Crippen molar-refractivity contribution in [3.05, 3.63) is 34.9 Å². The molecule has 2 unspecified atom stereocenters. The molecule has 2 atom stereocenters. The first-order valence-electron chi connectivity index (χ1n) is 7.29. The van der Waals surface area contributed by atoms with Gasteiger partial charge in [-0.2, -0.15) is 0 Å². The van der Waals surface area contributed by atoms with Crippen LogP contribution in [0.15, 0.2) is 24.3 Å². The first-order chi connectivity index (χ1) is 9.91. The first-order valence-corrected chi connectivity index (χ1v) is 9.49. The van der Waals surface area contributed by atoms with Crippen molar-refractivity contribution in [3.8, 4) is 0 Å². The average Bonchev–Trinajstić information content (AvgIpc) is 2.78. The summed E-state index contributed by atoms with van der Waals surface area (Å²) in [6.45, 7) is 3.29. The second-order valence-corrected chi connectivity index (χ2v) is 8.29. The highest BCUT2D eigenvalue weighted by molar-refractivity contribution is 7.91. The van der Waals surface area contributed by atoms with Gasteiger partial charge in [-0.15, -0.1) is 0 Å². The maximum Gasteiger partial charge on any atom is 0.151 e. The largest absolute Gasteiger partial charge is 0.387 e. The van der Waals surface area contributed by atoms with Crippen molar-refractivity contribution < 1.29 is 13.5 Å². The summed E-state index contributed by atoms with van der Waals surface area (Å²) in [5.74, 6) is 0.459. The average molecular weight is 332 g/mol. The van der Waals surface area contributed by atoms with E-state index in [9.17, 15) is 13.5 Å². The van der Waals surface area contributed by atoms with Gasteiger partial charge in [0.25, 0.3) is 0 Å². The molecule has 4 nitrogen and oxygen atoms in total. The summed E-state index contributed by atoms with van der Waals surface area (Å²) in [5, 5.41) is 11.0. The van der Waals surface area contributed by atoms with Gasteiger partial charge in [0.1, 0.15) is 0 Å². The fourth-order valence-electron chi connectivity index (χ4n) is 2.81. The monoisotopic (exact) mass is 331 g/mol. The van der Waals surface area contributed by atoms with E-state index in [1.807, 2.05) is 12.1 Å². The van der Waals surface area contributed by atoms with E-state index in [0.29, 0.717) is 18.0 Å². The van der Waals surface area contributed by atoms with Crippen LogP contribution in [0.5, 0.6) is 0 Å². The molecule has 0 saturated carbocycles. The maximum absolute atomic E-state index is 11.6. The molecule has 118 valence electrons. The van der Waals surface area contributed by atoms with E-state index in [2.05, 4.69) is 11.8 Å².